The van der Waals surface area contributed by atoms with Crippen molar-refractivity contribution in [3.05, 3.63) is 47.2 Å². The number of sulfonamides is 1. The summed E-state index contributed by atoms with van der Waals surface area (Å²) in [5.74, 6) is -0.499. The molecule has 0 fully saturated rings. The van der Waals surface area contributed by atoms with Gasteiger partial charge in [0.1, 0.15) is 11.1 Å². The summed E-state index contributed by atoms with van der Waals surface area (Å²) < 4.78 is 25.7. The van der Waals surface area contributed by atoms with Gasteiger partial charge in [0.15, 0.2) is 0 Å². The van der Waals surface area contributed by atoms with Gasteiger partial charge in [-0.15, -0.1) is 11.8 Å². The number of carbonyl (C=O) groups excluding carboxylic acids is 2. The van der Waals surface area contributed by atoms with Crippen molar-refractivity contribution in [2.24, 2.45) is 0 Å². The first-order valence-electron chi connectivity index (χ1n) is 8.57. The van der Waals surface area contributed by atoms with Gasteiger partial charge in [-0.05, 0) is 49.7 Å². The first kappa shape index (κ1) is 22.4. The number of rotatable bonds is 7. The number of anilines is 1. The molecule has 2 rings (SSSR count). The van der Waals surface area contributed by atoms with Crippen LogP contribution in [0.4, 0.5) is 5.69 Å². The number of nitrogens with zero attached hydrogens (tertiary/aromatic N) is 2. The fourth-order valence-electron chi connectivity index (χ4n) is 2.47. The quantitative estimate of drug-likeness (QED) is 0.643. The number of hydrogen-bond donors (Lipinski definition) is 2. The third kappa shape index (κ3) is 6.30. The van der Waals surface area contributed by atoms with Crippen LogP contribution in [0.2, 0.25) is 0 Å². The first-order valence-corrected chi connectivity index (χ1v) is 11.0. The molecule has 1 aromatic heterocycles. The lowest BCUT2D eigenvalue weighted by Crippen LogP contribution is -2.28. The van der Waals surface area contributed by atoms with Gasteiger partial charge in [-0.25, -0.2) is 18.1 Å². The van der Waals surface area contributed by atoms with Crippen LogP contribution in [-0.2, 0) is 19.6 Å². The summed E-state index contributed by atoms with van der Waals surface area (Å²) in [6, 6.07) is 9.46. The molecule has 2 amide bonds. The summed E-state index contributed by atoms with van der Waals surface area (Å²) in [4.78, 5) is 27.4. The zero-order valence-corrected chi connectivity index (χ0v) is 17.8. The van der Waals surface area contributed by atoms with E-state index in [0.29, 0.717) is 22.0 Å². The number of pyridine rings is 1. The molecule has 8 nitrogen and oxygen atoms in total. The molecule has 2 aromatic rings. The Bertz CT molecular complexity index is 1070. The van der Waals surface area contributed by atoms with Crippen molar-refractivity contribution in [1.29, 1.82) is 5.26 Å². The van der Waals surface area contributed by atoms with Gasteiger partial charge in [0.25, 0.3) is 10.0 Å². The highest BCUT2D eigenvalue weighted by Gasteiger charge is 2.15. The van der Waals surface area contributed by atoms with Crippen LogP contribution in [0.15, 0.2) is 40.3 Å². The zero-order chi connectivity index (χ0) is 21.6. The molecule has 1 heterocycles. The summed E-state index contributed by atoms with van der Waals surface area (Å²) >= 11 is 1.34. The molecule has 152 valence electrons. The van der Waals surface area contributed by atoms with Gasteiger partial charge in [0, 0.05) is 30.5 Å². The molecule has 0 aliphatic rings. The Balaban J connectivity index is 1.94. The molecule has 1 aromatic carbocycles. The van der Waals surface area contributed by atoms with E-state index in [1.54, 1.807) is 0 Å². The summed E-state index contributed by atoms with van der Waals surface area (Å²) in [5, 5.41) is 12.6. The average molecular weight is 433 g/mol. The lowest BCUT2D eigenvalue weighted by Gasteiger charge is -2.09. The van der Waals surface area contributed by atoms with Gasteiger partial charge in [-0.2, -0.15) is 5.26 Å². The van der Waals surface area contributed by atoms with E-state index in [4.69, 9.17) is 0 Å². The molecule has 10 heteroatoms. The number of nitriles is 1. The Morgan fingerprint density at radius 2 is 1.86 bits per heavy atom. The van der Waals surface area contributed by atoms with Crippen molar-refractivity contribution >= 4 is 39.3 Å². The lowest BCUT2D eigenvalue weighted by molar-refractivity contribution is -0.117. The SMILES string of the molecule is CC(=O)NS(=O)(=O)c1ccc(NC(=O)CCSc2nc(C)cc(C)c2C#N)cc1. The van der Waals surface area contributed by atoms with E-state index in [1.807, 2.05) is 24.6 Å². The van der Waals surface area contributed by atoms with Crippen LogP contribution in [0.1, 0.15) is 30.2 Å². The lowest BCUT2D eigenvalue weighted by atomic mass is 10.1. The maximum absolute atomic E-state index is 12.1. The third-order valence-corrected chi connectivity index (χ3v) is 6.14. The fraction of sp³-hybridized carbons (Fsp3) is 0.263. The maximum Gasteiger partial charge on any atom is 0.264 e. The number of thioether (sulfide) groups is 1. The Hall–Kier alpha value is -2.90. The number of nitrogens with one attached hydrogen (secondary N) is 2. The zero-order valence-electron chi connectivity index (χ0n) is 16.1. The van der Waals surface area contributed by atoms with Crippen molar-refractivity contribution in [3.63, 3.8) is 0 Å². The van der Waals surface area contributed by atoms with Gasteiger partial charge in [0.05, 0.1) is 10.5 Å². The van der Waals surface area contributed by atoms with Crippen molar-refractivity contribution in [2.75, 3.05) is 11.1 Å². The minimum atomic E-state index is -3.91. The van der Waals surface area contributed by atoms with E-state index in [9.17, 15) is 23.3 Å². The highest BCUT2D eigenvalue weighted by molar-refractivity contribution is 7.99. The Kier molecular flexibility index (Phi) is 7.36. The molecule has 0 saturated heterocycles. The molecule has 0 unspecified atom stereocenters. The fourth-order valence-corrected chi connectivity index (χ4v) is 4.50. The molecule has 2 N–H and O–H groups in total. The molecule has 0 atom stereocenters. The number of aromatic nitrogens is 1. The van der Waals surface area contributed by atoms with Crippen LogP contribution >= 0.6 is 11.8 Å². The number of hydrogen-bond acceptors (Lipinski definition) is 7. The Morgan fingerprint density at radius 1 is 1.21 bits per heavy atom. The van der Waals surface area contributed by atoms with Crippen LogP contribution in [0.5, 0.6) is 0 Å². The molecule has 0 spiro atoms. The molecular weight excluding hydrogens is 412 g/mol. The molecule has 0 radical (unpaired) electrons. The van der Waals surface area contributed by atoms with E-state index in [0.717, 1.165) is 18.2 Å². The standard InChI is InChI=1S/C19H20N4O4S2/c1-12-10-13(2)21-19(17(12)11-20)28-9-8-18(25)22-15-4-6-16(7-5-15)29(26,27)23-14(3)24/h4-7,10H,8-9H2,1-3H3,(H,22,25)(H,23,24). The van der Waals surface area contributed by atoms with Crippen molar-refractivity contribution in [3.8, 4) is 6.07 Å². The first-order chi connectivity index (χ1) is 13.6. The second kappa shape index (κ2) is 9.54. The molecule has 0 aliphatic heterocycles. The second-order valence-corrected chi connectivity index (χ2v) is 8.97. The minimum Gasteiger partial charge on any atom is -0.326 e. The van der Waals surface area contributed by atoms with Gasteiger partial charge in [-0.3, -0.25) is 9.59 Å². The van der Waals surface area contributed by atoms with Gasteiger partial charge < -0.3 is 5.32 Å². The van der Waals surface area contributed by atoms with E-state index in [-0.39, 0.29) is 17.2 Å². The Morgan fingerprint density at radius 3 is 2.45 bits per heavy atom. The van der Waals surface area contributed by atoms with E-state index < -0.39 is 15.9 Å². The van der Waals surface area contributed by atoms with E-state index in [2.05, 4.69) is 16.4 Å². The smallest absolute Gasteiger partial charge is 0.264 e. The van der Waals surface area contributed by atoms with Crippen molar-refractivity contribution < 1.29 is 18.0 Å². The second-order valence-electron chi connectivity index (χ2n) is 6.21. The Labute approximate surface area is 173 Å². The van der Waals surface area contributed by atoms with Crippen molar-refractivity contribution in [2.45, 2.75) is 37.1 Å². The van der Waals surface area contributed by atoms with Gasteiger partial charge in [0.2, 0.25) is 11.8 Å². The monoisotopic (exact) mass is 432 g/mol. The number of aryl methyl sites for hydroxylation is 2. The van der Waals surface area contributed by atoms with E-state index in [1.165, 1.54) is 36.0 Å². The molecular formula is C19H20N4O4S2. The molecule has 0 bridgehead atoms. The molecule has 29 heavy (non-hydrogen) atoms. The summed E-state index contributed by atoms with van der Waals surface area (Å²) in [6.45, 7) is 4.80. The largest absolute Gasteiger partial charge is 0.326 e. The van der Waals surface area contributed by atoms with Gasteiger partial charge >= 0.3 is 0 Å². The van der Waals surface area contributed by atoms with Crippen LogP contribution < -0.4 is 10.0 Å². The maximum atomic E-state index is 12.1. The number of benzene rings is 1. The van der Waals surface area contributed by atoms with Gasteiger partial charge in [-0.1, -0.05) is 0 Å². The summed E-state index contributed by atoms with van der Waals surface area (Å²) in [5.41, 5.74) is 2.60. The van der Waals surface area contributed by atoms with E-state index >= 15 is 0 Å². The minimum absolute atomic E-state index is 0.0776. The third-order valence-electron chi connectivity index (χ3n) is 3.72. The predicted octanol–water partition coefficient (Wildman–Crippen LogP) is 2.52. The van der Waals surface area contributed by atoms with Crippen LogP contribution in [0.25, 0.3) is 0 Å². The van der Waals surface area contributed by atoms with Crippen LogP contribution in [-0.4, -0.2) is 31.0 Å². The molecule has 0 saturated carbocycles. The van der Waals surface area contributed by atoms with Crippen molar-refractivity contribution in [1.82, 2.24) is 9.71 Å². The number of carbonyl (C=O) groups is 2. The van der Waals surface area contributed by atoms with Crippen LogP contribution in [0.3, 0.4) is 0 Å². The topological polar surface area (TPSA) is 129 Å². The highest BCUT2D eigenvalue weighted by Crippen LogP contribution is 2.24. The summed E-state index contributed by atoms with van der Waals surface area (Å²) in [7, 11) is -3.91. The molecule has 0 aliphatic carbocycles. The summed E-state index contributed by atoms with van der Waals surface area (Å²) in [6.07, 6.45) is 0.191. The predicted molar refractivity (Wildman–Crippen MR) is 110 cm³/mol. The highest BCUT2D eigenvalue weighted by atomic mass is 32.2. The number of amides is 2. The normalized spacial score (nSPS) is 10.8. The van der Waals surface area contributed by atoms with Crippen LogP contribution in [0, 0.1) is 25.2 Å². The average Bonchev–Trinajstić information content (AvgIpc) is 2.60.